The molecule has 0 aliphatic carbocycles. The average Bonchev–Trinajstić information content (AvgIpc) is 3.35. The zero-order chi connectivity index (χ0) is 50.0. The minimum absolute atomic E-state index is 0.0728. The monoisotopic (exact) mass is 967 g/mol. The lowest BCUT2D eigenvalue weighted by atomic mass is 10.0. The summed E-state index contributed by atoms with van der Waals surface area (Å²) in [5.41, 5.74) is 0. The predicted octanol–water partition coefficient (Wildman–Crippen LogP) is 20.2. The Bertz CT molecular complexity index is 1200. The summed E-state index contributed by atoms with van der Waals surface area (Å²) in [5, 5.41) is 0. The van der Waals surface area contributed by atoms with Crippen LogP contribution < -0.4 is 0 Å². The summed E-state index contributed by atoms with van der Waals surface area (Å²) in [6.07, 6.45) is 71.4. The van der Waals surface area contributed by atoms with Gasteiger partial charge in [0.25, 0.3) is 0 Å². The van der Waals surface area contributed by atoms with Crippen molar-refractivity contribution in [1.29, 1.82) is 0 Å². The van der Waals surface area contributed by atoms with Gasteiger partial charge < -0.3 is 14.2 Å². The van der Waals surface area contributed by atoms with Crippen molar-refractivity contribution in [2.75, 3.05) is 13.2 Å². The molecule has 69 heavy (non-hydrogen) atoms. The summed E-state index contributed by atoms with van der Waals surface area (Å²) >= 11 is 0. The molecule has 0 aromatic rings. The largest absolute Gasteiger partial charge is 0.462 e. The van der Waals surface area contributed by atoms with Gasteiger partial charge in [-0.2, -0.15) is 0 Å². The first kappa shape index (κ1) is 66.4. The van der Waals surface area contributed by atoms with Crippen LogP contribution in [0.5, 0.6) is 0 Å². The van der Waals surface area contributed by atoms with Crippen molar-refractivity contribution in [3.8, 4) is 0 Å². The number of hydrogen-bond acceptors (Lipinski definition) is 6. The van der Waals surface area contributed by atoms with E-state index in [4.69, 9.17) is 14.2 Å². The lowest BCUT2D eigenvalue weighted by Gasteiger charge is -2.18. The van der Waals surface area contributed by atoms with Crippen LogP contribution in [0.1, 0.15) is 316 Å². The molecule has 1 atom stereocenters. The fourth-order valence-electron chi connectivity index (χ4n) is 8.73. The molecule has 0 aliphatic rings. The van der Waals surface area contributed by atoms with Crippen LogP contribution in [0.4, 0.5) is 0 Å². The van der Waals surface area contributed by atoms with Gasteiger partial charge in [-0.3, -0.25) is 14.4 Å². The minimum atomic E-state index is -0.772. The lowest BCUT2D eigenvalue weighted by molar-refractivity contribution is -0.167. The zero-order valence-electron chi connectivity index (χ0n) is 46.1. The molecule has 6 heteroatoms. The molecule has 0 N–H and O–H groups in total. The molecule has 0 spiro atoms. The second-order valence-electron chi connectivity index (χ2n) is 20.3. The van der Waals surface area contributed by atoms with Crippen molar-refractivity contribution >= 4 is 17.9 Å². The number of carbonyl (C=O) groups is 3. The molecular formula is C63H114O6. The number of allylic oxidation sites excluding steroid dienone is 8. The quantitative estimate of drug-likeness (QED) is 0.0262. The smallest absolute Gasteiger partial charge is 0.306 e. The molecule has 0 fully saturated rings. The summed E-state index contributed by atoms with van der Waals surface area (Å²) in [6.45, 7) is 6.59. The first-order valence-corrected chi connectivity index (χ1v) is 30.1. The number of rotatable bonds is 55. The Morgan fingerprint density at radius 2 is 0.536 bits per heavy atom. The Kier molecular flexibility index (Phi) is 55.7. The molecule has 0 heterocycles. The minimum Gasteiger partial charge on any atom is -0.462 e. The Morgan fingerprint density at radius 3 is 0.870 bits per heavy atom. The van der Waals surface area contributed by atoms with Crippen LogP contribution in [-0.2, 0) is 28.6 Å². The molecule has 0 rings (SSSR count). The normalized spacial score (nSPS) is 12.3. The van der Waals surface area contributed by atoms with Gasteiger partial charge in [0.2, 0.25) is 0 Å². The van der Waals surface area contributed by atoms with Gasteiger partial charge in [-0.15, -0.1) is 0 Å². The molecule has 0 saturated carbocycles. The maximum absolute atomic E-state index is 12.8. The molecule has 0 amide bonds. The molecule has 0 bridgehead atoms. The molecule has 0 radical (unpaired) electrons. The van der Waals surface area contributed by atoms with Gasteiger partial charge >= 0.3 is 17.9 Å². The van der Waals surface area contributed by atoms with E-state index >= 15 is 0 Å². The van der Waals surface area contributed by atoms with Crippen molar-refractivity contribution in [1.82, 2.24) is 0 Å². The first-order valence-electron chi connectivity index (χ1n) is 30.1. The van der Waals surface area contributed by atoms with E-state index in [-0.39, 0.29) is 31.1 Å². The van der Waals surface area contributed by atoms with E-state index in [2.05, 4.69) is 69.4 Å². The van der Waals surface area contributed by atoms with Crippen LogP contribution in [0, 0.1) is 0 Å². The van der Waals surface area contributed by atoms with Crippen LogP contribution in [0.15, 0.2) is 48.6 Å². The molecular weight excluding hydrogens is 853 g/mol. The lowest BCUT2D eigenvalue weighted by Crippen LogP contribution is -2.30. The van der Waals surface area contributed by atoms with Crippen molar-refractivity contribution < 1.29 is 28.6 Å². The molecule has 0 aromatic heterocycles. The van der Waals surface area contributed by atoms with E-state index in [0.717, 1.165) is 83.5 Å². The van der Waals surface area contributed by atoms with Gasteiger partial charge in [-0.05, 0) is 77.0 Å². The van der Waals surface area contributed by atoms with Gasteiger partial charge in [-0.1, -0.05) is 268 Å². The summed E-state index contributed by atoms with van der Waals surface area (Å²) in [5.74, 6) is -0.873. The van der Waals surface area contributed by atoms with Crippen LogP contribution in [0.2, 0.25) is 0 Å². The number of carbonyl (C=O) groups excluding carboxylic acids is 3. The highest BCUT2D eigenvalue weighted by molar-refractivity contribution is 5.71. The van der Waals surface area contributed by atoms with Gasteiger partial charge in [0.05, 0.1) is 0 Å². The standard InChI is InChI=1S/C63H114O6/c1-4-7-10-13-16-19-21-22-23-24-25-26-27-28-29-30-31-32-33-34-35-36-37-38-39-40-42-44-47-50-53-56-62(65)68-59-60(58-67-61(64)55-52-49-46-43-18-15-12-9-6-3)69-63(66)57-54-51-48-45-41-20-17-14-11-8-5-2/h14,17,21-22,24-25,27-28,60H,4-13,15-16,18-20,23,26,29-59H2,1-3H3/b17-14-,22-21-,25-24-,28-27-. The van der Waals surface area contributed by atoms with Crippen molar-refractivity contribution in [2.45, 2.75) is 322 Å². The highest BCUT2D eigenvalue weighted by Gasteiger charge is 2.19. The van der Waals surface area contributed by atoms with E-state index in [1.165, 1.54) is 193 Å². The summed E-state index contributed by atoms with van der Waals surface area (Å²) in [6, 6.07) is 0. The van der Waals surface area contributed by atoms with Crippen LogP contribution in [0.3, 0.4) is 0 Å². The maximum Gasteiger partial charge on any atom is 0.306 e. The van der Waals surface area contributed by atoms with E-state index in [1.807, 2.05) is 0 Å². The average molecular weight is 968 g/mol. The van der Waals surface area contributed by atoms with Gasteiger partial charge in [0, 0.05) is 19.3 Å². The van der Waals surface area contributed by atoms with Gasteiger partial charge in [-0.25, -0.2) is 0 Å². The first-order chi connectivity index (χ1) is 34.0. The van der Waals surface area contributed by atoms with Crippen molar-refractivity contribution in [3.63, 3.8) is 0 Å². The molecule has 0 saturated heterocycles. The Hall–Kier alpha value is -2.63. The predicted molar refractivity (Wildman–Crippen MR) is 298 cm³/mol. The topological polar surface area (TPSA) is 78.9 Å². The van der Waals surface area contributed by atoms with E-state index in [1.54, 1.807) is 0 Å². The Balaban J connectivity index is 4.02. The number of hydrogen-bond donors (Lipinski definition) is 0. The van der Waals surface area contributed by atoms with E-state index < -0.39 is 6.10 Å². The molecule has 0 aromatic carbocycles. The highest BCUT2D eigenvalue weighted by Crippen LogP contribution is 2.16. The Labute approximate surface area is 428 Å². The van der Waals surface area contributed by atoms with E-state index in [0.29, 0.717) is 19.3 Å². The molecule has 6 nitrogen and oxygen atoms in total. The molecule has 0 aliphatic heterocycles. The second-order valence-corrected chi connectivity index (χ2v) is 20.3. The summed E-state index contributed by atoms with van der Waals surface area (Å²) < 4.78 is 16.8. The number of ether oxygens (including phenoxy) is 3. The summed E-state index contributed by atoms with van der Waals surface area (Å²) in [4.78, 5) is 37.9. The number of unbranched alkanes of at least 4 members (excludes halogenated alkanes) is 36. The van der Waals surface area contributed by atoms with Gasteiger partial charge in [0.1, 0.15) is 13.2 Å². The Morgan fingerprint density at radius 1 is 0.290 bits per heavy atom. The fraction of sp³-hybridized carbons (Fsp3) is 0.825. The fourth-order valence-corrected chi connectivity index (χ4v) is 8.73. The van der Waals surface area contributed by atoms with Crippen LogP contribution >= 0.6 is 0 Å². The van der Waals surface area contributed by atoms with E-state index in [9.17, 15) is 14.4 Å². The van der Waals surface area contributed by atoms with Crippen molar-refractivity contribution in [3.05, 3.63) is 48.6 Å². The number of esters is 3. The van der Waals surface area contributed by atoms with Crippen molar-refractivity contribution in [2.24, 2.45) is 0 Å². The second kappa shape index (κ2) is 57.9. The molecule has 1 unspecified atom stereocenters. The highest BCUT2D eigenvalue weighted by atomic mass is 16.6. The molecule has 402 valence electrons. The SMILES string of the molecule is CCCC/C=C\CCCCCCCC(=O)OC(COC(=O)CCCCCCCCCCC)COC(=O)CCCCCCCCCCCCCCCCCC/C=C\C/C=C\C/C=C\CCCCCCC. The zero-order valence-corrected chi connectivity index (χ0v) is 46.1. The summed E-state index contributed by atoms with van der Waals surface area (Å²) in [7, 11) is 0. The van der Waals surface area contributed by atoms with Crippen LogP contribution in [-0.4, -0.2) is 37.2 Å². The van der Waals surface area contributed by atoms with Crippen LogP contribution in [0.25, 0.3) is 0 Å². The maximum atomic E-state index is 12.8. The third-order valence-electron chi connectivity index (χ3n) is 13.3. The third-order valence-corrected chi connectivity index (χ3v) is 13.3. The third kappa shape index (κ3) is 56.2. The van der Waals surface area contributed by atoms with Gasteiger partial charge in [0.15, 0.2) is 6.10 Å².